The predicted octanol–water partition coefficient (Wildman–Crippen LogP) is 2.38. The number of aromatic nitrogens is 1. The van der Waals surface area contributed by atoms with Gasteiger partial charge in [0.2, 0.25) is 0 Å². The number of methoxy groups -OCH3 is 1. The Morgan fingerprint density at radius 2 is 1.93 bits per heavy atom. The summed E-state index contributed by atoms with van der Waals surface area (Å²) in [5.74, 6) is 1.48. The highest BCUT2D eigenvalue weighted by Crippen LogP contribution is 2.31. The number of nitrogens with one attached hydrogen (secondary N) is 2. The number of nitrogens with zero attached hydrogens (tertiary/aromatic N) is 1. The molecule has 2 N–H and O–H groups in total. The second kappa shape index (κ2) is 8.71. The molecule has 0 saturated carbocycles. The van der Waals surface area contributed by atoms with Gasteiger partial charge in [0.05, 0.1) is 35.4 Å². The van der Waals surface area contributed by atoms with Crippen molar-refractivity contribution in [3.63, 3.8) is 0 Å². The summed E-state index contributed by atoms with van der Waals surface area (Å²) in [6.45, 7) is 3.15. The number of benzene rings is 2. The SMILES string of the molecule is COc1ccc(CNC(=O)C[NH+]2CCC(c3nc4ccccc4s3)CC2)cc1. The Labute approximate surface area is 169 Å². The van der Waals surface area contributed by atoms with Gasteiger partial charge >= 0.3 is 0 Å². The van der Waals surface area contributed by atoms with Crippen molar-refractivity contribution in [2.24, 2.45) is 0 Å². The zero-order valence-electron chi connectivity index (χ0n) is 16.1. The Kier molecular flexibility index (Phi) is 5.88. The molecule has 1 aromatic heterocycles. The average molecular weight is 397 g/mol. The predicted molar refractivity (Wildman–Crippen MR) is 112 cm³/mol. The number of ether oxygens (including phenoxy) is 1. The maximum atomic E-state index is 12.3. The van der Waals surface area contributed by atoms with E-state index in [2.05, 4.69) is 23.5 Å². The quantitative estimate of drug-likeness (QED) is 0.673. The van der Waals surface area contributed by atoms with Gasteiger partial charge in [0.15, 0.2) is 6.54 Å². The number of rotatable bonds is 6. The van der Waals surface area contributed by atoms with Gasteiger partial charge in [-0.15, -0.1) is 11.3 Å². The third-order valence-corrected chi connectivity index (χ3v) is 6.61. The highest BCUT2D eigenvalue weighted by Gasteiger charge is 2.27. The Morgan fingerprint density at radius 1 is 1.18 bits per heavy atom. The van der Waals surface area contributed by atoms with Gasteiger partial charge in [0.1, 0.15) is 5.75 Å². The van der Waals surface area contributed by atoms with Crippen LogP contribution in [0, 0.1) is 0 Å². The number of quaternary nitrogens is 1. The molecule has 28 heavy (non-hydrogen) atoms. The fourth-order valence-corrected chi connectivity index (χ4v) is 4.88. The number of likely N-dealkylation sites (tertiary alicyclic amines) is 1. The first kappa shape index (κ1) is 18.9. The molecule has 0 radical (unpaired) electrons. The lowest BCUT2D eigenvalue weighted by atomic mass is 9.97. The summed E-state index contributed by atoms with van der Waals surface area (Å²) in [5.41, 5.74) is 2.19. The molecule has 5 nitrogen and oxygen atoms in total. The van der Waals surface area contributed by atoms with E-state index >= 15 is 0 Å². The zero-order chi connectivity index (χ0) is 19.3. The van der Waals surface area contributed by atoms with E-state index in [0.717, 1.165) is 42.8 Å². The molecule has 0 bridgehead atoms. The molecule has 6 heteroatoms. The van der Waals surface area contributed by atoms with Crippen molar-refractivity contribution in [1.82, 2.24) is 10.3 Å². The lowest BCUT2D eigenvalue weighted by Gasteiger charge is -2.27. The normalized spacial score (nSPS) is 19.5. The first-order valence-electron chi connectivity index (χ1n) is 9.80. The van der Waals surface area contributed by atoms with Gasteiger partial charge in [-0.05, 0) is 29.8 Å². The third-order valence-electron chi connectivity index (χ3n) is 5.41. The minimum Gasteiger partial charge on any atom is -0.497 e. The molecule has 0 unspecified atom stereocenters. The molecule has 0 spiro atoms. The number of hydrogen-bond donors (Lipinski definition) is 2. The Balaban J connectivity index is 1.23. The van der Waals surface area contributed by atoms with E-state index in [9.17, 15) is 4.79 Å². The van der Waals surface area contributed by atoms with E-state index in [0.29, 0.717) is 19.0 Å². The third kappa shape index (κ3) is 4.51. The van der Waals surface area contributed by atoms with Crippen molar-refractivity contribution in [3.8, 4) is 5.75 Å². The first-order valence-corrected chi connectivity index (χ1v) is 10.6. The Bertz CT molecular complexity index is 897. The molecule has 0 aliphatic carbocycles. The maximum absolute atomic E-state index is 12.3. The number of carbonyl (C=O) groups is 1. The molecule has 2 heterocycles. The Morgan fingerprint density at radius 3 is 2.64 bits per heavy atom. The summed E-state index contributed by atoms with van der Waals surface area (Å²) in [4.78, 5) is 18.5. The monoisotopic (exact) mass is 396 g/mol. The van der Waals surface area contributed by atoms with Gasteiger partial charge in [-0.3, -0.25) is 4.79 Å². The summed E-state index contributed by atoms with van der Waals surface area (Å²) < 4.78 is 6.43. The van der Waals surface area contributed by atoms with Crippen molar-refractivity contribution in [2.75, 3.05) is 26.7 Å². The number of carbonyl (C=O) groups excluding carboxylic acids is 1. The van der Waals surface area contributed by atoms with Crippen molar-refractivity contribution in [2.45, 2.75) is 25.3 Å². The molecule has 4 rings (SSSR count). The lowest BCUT2D eigenvalue weighted by Crippen LogP contribution is -3.14. The second-order valence-electron chi connectivity index (χ2n) is 7.35. The van der Waals surface area contributed by atoms with Crippen molar-refractivity contribution >= 4 is 27.5 Å². The minimum absolute atomic E-state index is 0.115. The van der Waals surface area contributed by atoms with Crippen molar-refractivity contribution in [3.05, 3.63) is 59.1 Å². The molecular formula is C22H26N3O2S+. The van der Waals surface area contributed by atoms with Gasteiger partial charge in [-0.2, -0.15) is 0 Å². The summed E-state index contributed by atoms with van der Waals surface area (Å²) in [6.07, 6.45) is 2.20. The van der Waals surface area contributed by atoms with Crippen LogP contribution in [0.5, 0.6) is 5.75 Å². The standard InChI is InChI=1S/C22H25N3O2S/c1-27-18-8-6-16(7-9-18)14-23-21(26)15-25-12-10-17(11-13-25)22-24-19-4-2-3-5-20(19)28-22/h2-9,17H,10-15H2,1H3,(H,23,26)/p+1. The number of thiazole rings is 1. The molecular weight excluding hydrogens is 370 g/mol. The molecule has 1 fully saturated rings. The molecule has 1 amide bonds. The van der Waals surface area contributed by atoms with E-state index < -0.39 is 0 Å². The number of piperidine rings is 1. The fourth-order valence-electron chi connectivity index (χ4n) is 3.75. The minimum atomic E-state index is 0.115. The van der Waals surface area contributed by atoms with Crippen LogP contribution in [-0.2, 0) is 11.3 Å². The zero-order valence-corrected chi connectivity index (χ0v) is 16.9. The van der Waals surface area contributed by atoms with Gasteiger partial charge < -0.3 is 15.0 Å². The number of amides is 1. The van der Waals surface area contributed by atoms with Crippen LogP contribution in [0.4, 0.5) is 0 Å². The van der Waals surface area contributed by atoms with Crippen LogP contribution in [0.3, 0.4) is 0 Å². The molecule has 3 aromatic rings. The van der Waals surface area contributed by atoms with Crippen LogP contribution in [-0.4, -0.2) is 37.6 Å². The largest absolute Gasteiger partial charge is 0.497 e. The van der Waals surface area contributed by atoms with Crippen molar-refractivity contribution in [1.29, 1.82) is 0 Å². The molecule has 0 atom stereocenters. The van der Waals surface area contributed by atoms with Gasteiger partial charge in [0, 0.05) is 25.3 Å². The smallest absolute Gasteiger partial charge is 0.275 e. The lowest BCUT2D eigenvalue weighted by molar-refractivity contribution is -0.897. The summed E-state index contributed by atoms with van der Waals surface area (Å²) >= 11 is 1.82. The summed E-state index contributed by atoms with van der Waals surface area (Å²) in [7, 11) is 1.65. The van der Waals surface area contributed by atoms with E-state index in [1.807, 2.05) is 41.7 Å². The molecule has 1 aliphatic heterocycles. The van der Waals surface area contributed by atoms with Gasteiger partial charge in [-0.1, -0.05) is 24.3 Å². The van der Waals surface area contributed by atoms with Crippen LogP contribution in [0.2, 0.25) is 0 Å². The van der Waals surface area contributed by atoms with Crippen LogP contribution in [0.1, 0.15) is 29.3 Å². The molecule has 1 saturated heterocycles. The number of para-hydroxylation sites is 1. The van der Waals surface area contributed by atoms with Gasteiger partial charge in [-0.25, -0.2) is 4.98 Å². The second-order valence-corrected chi connectivity index (χ2v) is 8.41. The topological polar surface area (TPSA) is 55.7 Å². The van der Waals surface area contributed by atoms with E-state index in [4.69, 9.17) is 9.72 Å². The summed E-state index contributed by atoms with van der Waals surface area (Å²) in [5, 5.41) is 4.29. The van der Waals surface area contributed by atoms with Crippen LogP contribution >= 0.6 is 11.3 Å². The fraction of sp³-hybridized carbons (Fsp3) is 0.364. The van der Waals surface area contributed by atoms with E-state index in [-0.39, 0.29) is 5.91 Å². The molecule has 2 aromatic carbocycles. The van der Waals surface area contributed by atoms with Crippen molar-refractivity contribution < 1.29 is 14.4 Å². The van der Waals surface area contributed by atoms with Gasteiger partial charge in [0.25, 0.3) is 5.91 Å². The van der Waals surface area contributed by atoms with Crippen LogP contribution in [0.25, 0.3) is 10.2 Å². The average Bonchev–Trinajstić information content (AvgIpc) is 3.17. The van der Waals surface area contributed by atoms with Crippen LogP contribution < -0.4 is 15.0 Å². The maximum Gasteiger partial charge on any atom is 0.275 e. The highest BCUT2D eigenvalue weighted by molar-refractivity contribution is 7.18. The number of fused-ring (bicyclic) bond motifs is 1. The molecule has 146 valence electrons. The van der Waals surface area contributed by atoms with E-state index in [1.54, 1.807) is 7.11 Å². The molecule has 1 aliphatic rings. The first-order chi connectivity index (χ1) is 13.7. The van der Waals surface area contributed by atoms with E-state index in [1.165, 1.54) is 14.6 Å². The number of hydrogen-bond acceptors (Lipinski definition) is 4. The van der Waals surface area contributed by atoms with Crippen LogP contribution in [0.15, 0.2) is 48.5 Å². The Hall–Kier alpha value is -2.44. The highest BCUT2D eigenvalue weighted by atomic mass is 32.1. The summed E-state index contributed by atoms with van der Waals surface area (Å²) in [6, 6.07) is 16.1.